The van der Waals surface area contributed by atoms with Gasteiger partial charge in [-0.2, -0.15) is 0 Å². The van der Waals surface area contributed by atoms with Gasteiger partial charge in [-0.1, -0.05) is 95.7 Å². The van der Waals surface area contributed by atoms with Gasteiger partial charge in [-0.15, -0.1) is 0 Å². The summed E-state index contributed by atoms with van der Waals surface area (Å²) < 4.78 is 25.9. The van der Waals surface area contributed by atoms with E-state index < -0.39 is 32.5 Å². The van der Waals surface area contributed by atoms with E-state index >= 15 is 0 Å². The number of hydrogen-bond acceptors (Lipinski definition) is 8. The second-order valence-electron chi connectivity index (χ2n) is 9.37. The monoisotopic (exact) mass is 568 g/mol. The summed E-state index contributed by atoms with van der Waals surface area (Å²) in [4.78, 5) is 52.8. The molecule has 0 aromatic heterocycles. The van der Waals surface area contributed by atoms with Gasteiger partial charge in [0.2, 0.25) is 0 Å². The molecule has 0 rings (SSSR count). The highest BCUT2D eigenvalue weighted by atomic mass is 32.2. The molecular weight excluding hydrogens is 519 g/mol. The summed E-state index contributed by atoms with van der Waals surface area (Å²) >= 11 is 1.40. The van der Waals surface area contributed by atoms with Crippen LogP contribution in [0.25, 0.3) is 0 Å². The Morgan fingerprint density at radius 3 is 1.73 bits per heavy atom. The van der Waals surface area contributed by atoms with Gasteiger partial charge in [0.05, 0.1) is 6.61 Å². The van der Waals surface area contributed by atoms with Crippen molar-refractivity contribution < 1.29 is 42.7 Å². The first-order valence-corrected chi connectivity index (χ1v) is 16.3. The predicted octanol–water partition coefficient (Wildman–Crippen LogP) is 6.48. The second kappa shape index (κ2) is 24.1. The van der Waals surface area contributed by atoms with E-state index in [0.717, 1.165) is 57.1 Å². The summed E-state index contributed by atoms with van der Waals surface area (Å²) in [6.07, 6.45) is 15.1. The third-order valence-electron chi connectivity index (χ3n) is 5.72. The number of carbonyl (C=O) groups excluding carboxylic acids is 3. The number of ether oxygens (including phenoxy) is 2. The fraction of sp³-hybridized carbons (Fsp3) is 0.885. The molecule has 0 aliphatic heterocycles. The van der Waals surface area contributed by atoms with E-state index in [0.29, 0.717) is 12.8 Å². The van der Waals surface area contributed by atoms with E-state index in [-0.39, 0.29) is 24.6 Å². The molecule has 2 N–H and O–H groups in total. The molecule has 0 radical (unpaired) electrons. The second-order valence-corrected chi connectivity index (χ2v) is 11.9. The number of thioether (sulfide) groups is 1. The number of carbonyl (C=O) groups is 3. The van der Waals surface area contributed by atoms with E-state index in [1.165, 1.54) is 43.9 Å². The van der Waals surface area contributed by atoms with Gasteiger partial charge < -0.3 is 19.3 Å². The third kappa shape index (κ3) is 27.9. The molecule has 0 saturated heterocycles. The molecule has 37 heavy (non-hydrogen) atoms. The van der Waals surface area contributed by atoms with Crippen LogP contribution in [-0.2, 0) is 32.9 Å². The van der Waals surface area contributed by atoms with Crippen LogP contribution in [0, 0.1) is 0 Å². The molecule has 9 nitrogen and oxygen atoms in total. The summed E-state index contributed by atoms with van der Waals surface area (Å²) in [5.74, 6) is -0.0113. The largest absolute Gasteiger partial charge is 0.469 e. The van der Waals surface area contributed by atoms with Gasteiger partial charge >= 0.3 is 19.8 Å². The molecule has 0 aromatic rings. The fourth-order valence-corrected chi connectivity index (χ4v) is 4.67. The average molecular weight is 569 g/mol. The molecule has 0 unspecified atom stereocenters. The highest BCUT2D eigenvalue weighted by Crippen LogP contribution is 2.35. The van der Waals surface area contributed by atoms with Crippen LogP contribution in [0.5, 0.6) is 0 Å². The van der Waals surface area contributed by atoms with Crippen LogP contribution in [0.1, 0.15) is 123 Å². The number of rotatable bonds is 25. The van der Waals surface area contributed by atoms with E-state index in [1.807, 2.05) is 0 Å². The van der Waals surface area contributed by atoms with Crippen LogP contribution in [0.3, 0.4) is 0 Å². The SMILES string of the molecule is CCCCCCCC(=O)O[C@@H](COC(=O)CCCCCCCCCCCCSC(C)=O)COP(=O)(O)O. The maximum atomic E-state index is 12.1. The minimum Gasteiger partial charge on any atom is -0.462 e. The fourth-order valence-electron chi connectivity index (χ4n) is 3.67. The Labute approximate surface area is 227 Å². The van der Waals surface area contributed by atoms with Crippen molar-refractivity contribution >= 4 is 36.6 Å². The summed E-state index contributed by atoms with van der Waals surface area (Å²) in [6.45, 7) is 2.87. The Morgan fingerprint density at radius 1 is 0.730 bits per heavy atom. The quantitative estimate of drug-likeness (QED) is 0.0715. The van der Waals surface area contributed by atoms with Gasteiger partial charge in [-0.3, -0.25) is 18.9 Å². The summed E-state index contributed by atoms with van der Waals surface area (Å²) in [5, 5.41) is 0.189. The first-order valence-electron chi connectivity index (χ1n) is 13.8. The molecule has 0 aliphatic rings. The summed E-state index contributed by atoms with van der Waals surface area (Å²) in [5.41, 5.74) is 0. The van der Waals surface area contributed by atoms with Crippen molar-refractivity contribution in [3.05, 3.63) is 0 Å². The lowest BCUT2D eigenvalue weighted by molar-refractivity contribution is -0.161. The predicted molar refractivity (Wildman–Crippen MR) is 146 cm³/mol. The van der Waals surface area contributed by atoms with Crippen LogP contribution < -0.4 is 0 Å². The summed E-state index contributed by atoms with van der Waals surface area (Å²) in [7, 11) is -4.73. The van der Waals surface area contributed by atoms with E-state index in [2.05, 4.69) is 11.4 Å². The third-order valence-corrected chi connectivity index (χ3v) is 7.11. The van der Waals surface area contributed by atoms with Crippen molar-refractivity contribution in [2.24, 2.45) is 0 Å². The topological polar surface area (TPSA) is 136 Å². The maximum absolute atomic E-state index is 12.1. The van der Waals surface area contributed by atoms with E-state index in [9.17, 15) is 18.9 Å². The average Bonchev–Trinajstić information content (AvgIpc) is 2.82. The molecule has 218 valence electrons. The van der Waals surface area contributed by atoms with Crippen LogP contribution in [0.4, 0.5) is 0 Å². The van der Waals surface area contributed by atoms with Crippen molar-refractivity contribution in [1.29, 1.82) is 0 Å². The normalized spacial score (nSPS) is 12.3. The number of phosphoric acid groups is 1. The Kier molecular flexibility index (Phi) is 23.5. The zero-order chi connectivity index (χ0) is 27.8. The zero-order valence-electron chi connectivity index (χ0n) is 22.8. The van der Waals surface area contributed by atoms with Gasteiger partial charge in [0, 0.05) is 25.5 Å². The minimum atomic E-state index is -4.73. The molecule has 1 atom stereocenters. The van der Waals surface area contributed by atoms with Gasteiger partial charge in [-0.05, 0) is 19.3 Å². The molecule has 11 heteroatoms. The van der Waals surface area contributed by atoms with Gasteiger partial charge in [0.1, 0.15) is 6.61 Å². The van der Waals surface area contributed by atoms with E-state index in [1.54, 1.807) is 6.92 Å². The van der Waals surface area contributed by atoms with E-state index in [4.69, 9.17) is 19.3 Å². The molecule has 0 amide bonds. The number of esters is 2. The minimum absolute atomic E-state index is 0.189. The van der Waals surface area contributed by atoms with Crippen molar-refractivity contribution in [2.75, 3.05) is 19.0 Å². The van der Waals surface area contributed by atoms with Crippen LogP contribution in [-0.4, -0.2) is 51.9 Å². The zero-order valence-corrected chi connectivity index (χ0v) is 24.5. The highest BCUT2D eigenvalue weighted by molar-refractivity contribution is 8.13. The van der Waals surface area contributed by atoms with Crippen molar-refractivity contribution in [3.63, 3.8) is 0 Å². The number of hydrogen-bond donors (Lipinski definition) is 2. The Balaban J connectivity index is 3.94. The summed E-state index contributed by atoms with van der Waals surface area (Å²) in [6, 6.07) is 0. The van der Waals surface area contributed by atoms with Crippen LogP contribution in [0.2, 0.25) is 0 Å². The van der Waals surface area contributed by atoms with Gasteiger partial charge in [-0.25, -0.2) is 4.57 Å². The Morgan fingerprint density at radius 2 is 1.22 bits per heavy atom. The standard InChI is InChI=1S/C26H49O9PS/c1-3-4-5-12-16-19-26(29)35-24(22-34-36(30,31)32)21-33-25(28)18-15-13-10-8-6-7-9-11-14-17-20-37-23(2)27/h24H,3-22H2,1-2H3,(H2,30,31,32)/t24-/m0/s1. The lowest BCUT2D eigenvalue weighted by Gasteiger charge is -2.18. The first-order chi connectivity index (χ1) is 17.6. The molecular formula is C26H49O9PS. The van der Waals surface area contributed by atoms with Crippen LogP contribution in [0.15, 0.2) is 0 Å². The lowest BCUT2D eigenvalue weighted by Crippen LogP contribution is -2.29. The molecule has 0 aromatic carbocycles. The van der Waals surface area contributed by atoms with Crippen molar-refractivity contribution in [3.8, 4) is 0 Å². The Hall–Kier alpha value is -0.930. The highest BCUT2D eigenvalue weighted by Gasteiger charge is 2.22. The molecule has 0 spiro atoms. The molecule has 0 fully saturated rings. The van der Waals surface area contributed by atoms with Crippen molar-refractivity contribution in [1.82, 2.24) is 0 Å². The van der Waals surface area contributed by atoms with Crippen LogP contribution >= 0.6 is 19.6 Å². The van der Waals surface area contributed by atoms with Gasteiger partial charge in [0.25, 0.3) is 0 Å². The first kappa shape index (κ1) is 36.1. The number of unbranched alkanes of at least 4 members (excludes halogenated alkanes) is 13. The molecule has 0 aliphatic carbocycles. The molecule has 0 heterocycles. The molecule has 0 bridgehead atoms. The molecule has 0 saturated carbocycles. The van der Waals surface area contributed by atoms with Gasteiger partial charge in [0.15, 0.2) is 11.2 Å². The Bertz CT molecular complexity index is 654. The maximum Gasteiger partial charge on any atom is 0.469 e. The lowest BCUT2D eigenvalue weighted by atomic mass is 10.1. The van der Waals surface area contributed by atoms with Crippen molar-refractivity contribution in [2.45, 2.75) is 129 Å². The number of phosphoric ester groups is 1. The smallest absolute Gasteiger partial charge is 0.462 e.